The Morgan fingerprint density at radius 3 is 2.66 bits per heavy atom. The Balaban J connectivity index is 1.90. The molecule has 0 radical (unpaired) electrons. The van der Waals surface area contributed by atoms with E-state index >= 15 is 0 Å². The molecule has 3 unspecified atom stereocenters. The number of carbonyl (C=O) groups is 3. The minimum absolute atomic E-state index is 0.0471. The number of halogens is 1. The lowest BCUT2D eigenvalue weighted by Gasteiger charge is -2.43. The predicted molar refractivity (Wildman–Crippen MR) is 137 cm³/mol. The lowest BCUT2D eigenvalue weighted by molar-refractivity contribution is -0.150. The summed E-state index contributed by atoms with van der Waals surface area (Å²) in [5.41, 5.74) is 0.510. The van der Waals surface area contributed by atoms with Crippen molar-refractivity contribution in [3.63, 3.8) is 0 Å². The van der Waals surface area contributed by atoms with E-state index in [0.29, 0.717) is 23.6 Å². The van der Waals surface area contributed by atoms with E-state index in [9.17, 15) is 24.6 Å². The number of likely N-dealkylation sites (tertiary alicyclic amines) is 1. The number of hydrogen-bond donors (Lipinski definition) is 2. The molecule has 35 heavy (non-hydrogen) atoms. The molecule has 3 heterocycles. The van der Waals surface area contributed by atoms with Crippen molar-refractivity contribution >= 4 is 46.8 Å². The van der Waals surface area contributed by atoms with E-state index in [0.717, 1.165) is 0 Å². The SMILES string of the molecule is C=CCN(C(=O)C1N([C@@H](CO)[C@@H](C)CC)C(=O)[C@@H]2[C@H](C(=O)O)[C@@H]3CC(C)C12S3)c1ccccc1Cl. The van der Waals surface area contributed by atoms with Gasteiger partial charge >= 0.3 is 5.97 Å². The van der Waals surface area contributed by atoms with Crippen LogP contribution in [0.2, 0.25) is 5.02 Å². The van der Waals surface area contributed by atoms with Crippen molar-refractivity contribution in [3.05, 3.63) is 41.9 Å². The molecule has 8 atom stereocenters. The van der Waals surface area contributed by atoms with Crippen molar-refractivity contribution in [1.29, 1.82) is 0 Å². The number of hydrogen-bond acceptors (Lipinski definition) is 5. The van der Waals surface area contributed by atoms with E-state index in [1.807, 2.05) is 20.8 Å². The number of carboxylic acids is 1. The minimum Gasteiger partial charge on any atom is -0.481 e. The first-order valence-electron chi connectivity index (χ1n) is 12.2. The summed E-state index contributed by atoms with van der Waals surface area (Å²) in [6.07, 6.45) is 2.93. The van der Waals surface area contributed by atoms with Crippen molar-refractivity contribution in [2.24, 2.45) is 23.7 Å². The van der Waals surface area contributed by atoms with Gasteiger partial charge in [0.05, 0.1) is 39.9 Å². The van der Waals surface area contributed by atoms with Gasteiger partial charge < -0.3 is 20.0 Å². The summed E-state index contributed by atoms with van der Waals surface area (Å²) in [6.45, 7) is 9.62. The van der Waals surface area contributed by atoms with Crippen LogP contribution in [0.1, 0.15) is 33.6 Å². The number of carboxylic acid groups (broad SMARTS) is 1. The largest absolute Gasteiger partial charge is 0.481 e. The summed E-state index contributed by atoms with van der Waals surface area (Å²) >= 11 is 7.97. The number of aliphatic hydroxyl groups excluding tert-OH is 1. The number of nitrogens with zero attached hydrogens (tertiary/aromatic N) is 2. The van der Waals surface area contributed by atoms with Crippen molar-refractivity contribution in [1.82, 2.24) is 4.90 Å². The van der Waals surface area contributed by atoms with Gasteiger partial charge in [0.25, 0.3) is 5.91 Å². The Kier molecular flexibility index (Phi) is 7.28. The molecule has 7 nitrogen and oxygen atoms in total. The summed E-state index contributed by atoms with van der Waals surface area (Å²) in [5.74, 6) is -3.45. The van der Waals surface area contributed by atoms with Gasteiger partial charge in [0, 0.05) is 11.8 Å². The van der Waals surface area contributed by atoms with E-state index in [-0.39, 0.29) is 42.1 Å². The number of aliphatic hydroxyl groups is 1. The first-order valence-corrected chi connectivity index (χ1v) is 13.4. The molecule has 0 aromatic heterocycles. The number of thioether (sulfide) groups is 1. The fraction of sp³-hybridized carbons (Fsp3) is 0.577. The molecule has 1 aromatic carbocycles. The average molecular weight is 521 g/mol. The summed E-state index contributed by atoms with van der Waals surface area (Å²) in [5, 5.41) is 20.7. The molecular formula is C26H33ClN2O5S. The molecular weight excluding hydrogens is 488 g/mol. The van der Waals surface area contributed by atoms with E-state index in [4.69, 9.17) is 11.6 Å². The third-order valence-corrected chi connectivity index (χ3v) is 10.7. The molecule has 0 aliphatic carbocycles. The van der Waals surface area contributed by atoms with Crippen LogP contribution in [0.15, 0.2) is 36.9 Å². The summed E-state index contributed by atoms with van der Waals surface area (Å²) < 4.78 is -0.885. The van der Waals surface area contributed by atoms with Crippen molar-refractivity contribution in [3.8, 4) is 0 Å². The molecule has 3 aliphatic rings. The van der Waals surface area contributed by atoms with Gasteiger partial charge in [0.1, 0.15) is 6.04 Å². The standard InChI is InChI=1S/C26H33ClN2O5S/c1-5-11-28(17-10-8-7-9-16(17)27)24(32)22-26-15(4)12-19(35-26)20(25(33)34)21(26)23(31)29(22)18(13-30)14(3)6-2/h5,7-10,14-15,18-22,30H,1,6,11-13H2,2-4H3,(H,33,34)/t14-,15?,18-,19-,20+,21-,22?,26?/m0/s1. The number of carbonyl (C=O) groups excluding carboxylic acids is 2. The van der Waals surface area contributed by atoms with Gasteiger partial charge in [-0.05, 0) is 30.4 Å². The predicted octanol–water partition coefficient (Wildman–Crippen LogP) is 3.69. The number of aliphatic carboxylic acids is 1. The Morgan fingerprint density at radius 1 is 1.40 bits per heavy atom. The maximum Gasteiger partial charge on any atom is 0.308 e. The fourth-order valence-electron chi connectivity index (χ4n) is 6.45. The van der Waals surface area contributed by atoms with Crippen LogP contribution in [0.5, 0.6) is 0 Å². The van der Waals surface area contributed by atoms with E-state index < -0.39 is 34.6 Å². The van der Waals surface area contributed by atoms with Gasteiger partial charge in [0.15, 0.2) is 0 Å². The summed E-state index contributed by atoms with van der Waals surface area (Å²) in [7, 11) is 0. The minimum atomic E-state index is -0.999. The zero-order valence-electron chi connectivity index (χ0n) is 20.3. The first-order chi connectivity index (χ1) is 16.6. The third kappa shape index (κ3) is 3.80. The highest BCUT2D eigenvalue weighted by atomic mass is 35.5. The van der Waals surface area contributed by atoms with Crippen LogP contribution < -0.4 is 4.90 Å². The molecule has 190 valence electrons. The number of benzene rings is 1. The normalized spacial score (nSPS) is 32.9. The van der Waals surface area contributed by atoms with Gasteiger partial charge in [-0.25, -0.2) is 0 Å². The van der Waals surface area contributed by atoms with Crippen LogP contribution in [-0.4, -0.2) is 68.1 Å². The van der Waals surface area contributed by atoms with Crippen molar-refractivity contribution in [2.75, 3.05) is 18.1 Å². The van der Waals surface area contributed by atoms with Crippen LogP contribution in [0.25, 0.3) is 0 Å². The van der Waals surface area contributed by atoms with Gasteiger partial charge in [-0.15, -0.1) is 18.3 Å². The third-order valence-electron chi connectivity index (χ3n) is 8.27. The van der Waals surface area contributed by atoms with Gasteiger partial charge in [-0.2, -0.15) is 0 Å². The van der Waals surface area contributed by atoms with Crippen LogP contribution >= 0.6 is 23.4 Å². The Hall–Kier alpha value is -2.03. The summed E-state index contributed by atoms with van der Waals surface area (Å²) in [4.78, 5) is 44.0. The zero-order chi connectivity index (χ0) is 25.7. The highest BCUT2D eigenvalue weighted by Crippen LogP contribution is 2.69. The fourth-order valence-corrected chi connectivity index (χ4v) is 9.08. The molecule has 3 aliphatic heterocycles. The van der Waals surface area contributed by atoms with Crippen LogP contribution in [0.3, 0.4) is 0 Å². The molecule has 0 saturated carbocycles. The Morgan fingerprint density at radius 2 is 2.09 bits per heavy atom. The van der Waals surface area contributed by atoms with Crippen LogP contribution in [0.4, 0.5) is 5.69 Å². The lowest BCUT2D eigenvalue weighted by atomic mass is 9.66. The second kappa shape index (κ2) is 9.79. The number of rotatable bonds is 9. The lowest BCUT2D eigenvalue weighted by Crippen LogP contribution is -2.60. The molecule has 2 bridgehead atoms. The highest BCUT2D eigenvalue weighted by molar-refractivity contribution is 8.02. The van der Waals surface area contributed by atoms with Gasteiger partial charge in [0.2, 0.25) is 5.91 Å². The maximum absolute atomic E-state index is 14.5. The Labute approximate surface area is 215 Å². The average Bonchev–Trinajstić information content (AvgIpc) is 3.42. The first kappa shape index (κ1) is 26.0. The topological polar surface area (TPSA) is 98.2 Å². The molecule has 1 aromatic rings. The smallest absolute Gasteiger partial charge is 0.308 e. The van der Waals surface area contributed by atoms with E-state index in [2.05, 4.69) is 6.58 Å². The van der Waals surface area contributed by atoms with Crippen molar-refractivity contribution in [2.45, 2.75) is 55.7 Å². The van der Waals surface area contributed by atoms with Crippen molar-refractivity contribution < 1.29 is 24.6 Å². The van der Waals surface area contributed by atoms with Gasteiger partial charge in [-0.1, -0.05) is 57.0 Å². The quantitative estimate of drug-likeness (QED) is 0.482. The monoisotopic (exact) mass is 520 g/mol. The second-order valence-electron chi connectivity index (χ2n) is 9.96. The molecule has 3 saturated heterocycles. The molecule has 2 N–H and O–H groups in total. The maximum atomic E-state index is 14.5. The zero-order valence-corrected chi connectivity index (χ0v) is 21.8. The second-order valence-corrected chi connectivity index (χ2v) is 11.9. The number of para-hydroxylation sites is 1. The highest BCUT2D eigenvalue weighted by Gasteiger charge is 2.77. The molecule has 4 rings (SSSR count). The molecule has 3 fully saturated rings. The van der Waals surface area contributed by atoms with E-state index in [1.54, 1.807) is 30.3 Å². The Bertz CT molecular complexity index is 1040. The molecule has 1 spiro atoms. The number of amides is 2. The van der Waals surface area contributed by atoms with E-state index in [1.165, 1.54) is 21.6 Å². The summed E-state index contributed by atoms with van der Waals surface area (Å²) in [6, 6.07) is 5.50. The van der Waals surface area contributed by atoms with Crippen LogP contribution in [0, 0.1) is 23.7 Å². The number of fused-ring (bicyclic) bond motifs is 1. The van der Waals surface area contributed by atoms with Crippen LogP contribution in [-0.2, 0) is 14.4 Å². The molecule has 9 heteroatoms. The number of anilines is 1. The molecule has 2 amide bonds. The van der Waals surface area contributed by atoms with Gasteiger partial charge in [-0.3, -0.25) is 14.4 Å².